The fourth-order valence-electron chi connectivity index (χ4n) is 3.70. The third-order valence-electron chi connectivity index (χ3n) is 5.17. The van der Waals surface area contributed by atoms with Gasteiger partial charge in [-0.1, -0.05) is 24.3 Å². The summed E-state index contributed by atoms with van der Waals surface area (Å²) in [5.41, 5.74) is 3.39. The lowest BCUT2D eigenvalue weighted by molar-refractivity contribution is -0.125. The lowest BCUT2D eigenvalue weighted by Gasteiger charge is -2.18. The minimum Gasteiger partial charge on any atom is -0.352 e. The normalized spacial score (nSPS) is 19.3. The van der Waals surface area contributed by atoms with Crippen LogP contribution in [0.25, 0.3) is 0 Å². The van der Waals surface area contributed by atoms with E-state index in [-0.39, 0.29) is 17.7 Å². The van der Waals surface area contributed by atoms with Crippen molar-refractivity contribution in [3.63, 3.8) is 0 Å². The second-order valence-electron chi connectivity index (χ2n) is 7.01. The monoisotopic (exact) mass is 364 g/mol. The summed E-state index contributed by atoms with van der Waals surface area (Å²) in [7, 11) is 1.90. The van der Waals surface area contributed by atoms with Crippen LogP contribution in [0.2, 0.25) is 0 Å². The number of hydrogen-bond donors (Lipinski definition) is 2. The van der Waals surface area contributed by atoms with Crippen LogP contribution in [0.3, 0.4) is 0 Å². The largest absolute Gasteiger partial charge is 0.352 e. The van der Waals surface area contributed by atoms with Gasteiger partial charge < -0.3 is 10.6 Å². The summed E-state index contributed by atoms with van der Waals surface area (Å²) in [6, 6.07) is 10.1. The number of benzene rings is 1. The number of aromatic nitrogens is 4. The van der Waals surface area contributed by atoms with Crippen LogP contribution >= 0.6 is 0 Å². The first kappa shape index (κ1) is 17.5. The van der Waals surface area contributed by atoms with Crippen molar-refractivity contribution in [3.8, 4) is 0 Å². The van der Waals surface area contributed by atoms with Crippen LogP contribution in [0, 0.1) is 5.92 Å². The van der Waals surface area contributed by atoms with Crippen molar-refractivity contribution in [2.75, 3.05) is 13.1 Å². The first-order valence-electron chi connectivity index (χ1n) is 9.22. The van der Waals surface area contributed by atoms with Gasteiger partial charge in [-0.2, -0.15) is 10.2 Å². The van der Waals surface area contributed by atoms with Crippen LogP contribution in [0.4, 0.5) is 0 Å². The quantitative estimate of drug-likeness (QED) is 0.691. The Morgan fingerprint density at radius 3 is 2.81 bits per heavy atom. The van der Waals surface area contributed by atoms with Crippen molar-refractivity contribution in [3.05, 3.63) is 71.8 Å². The number of amides is 1. The van der Waals surface area contributed by atoms with Gasteiger partial charge in [-0.3, -0.25) is 14.2 Å². The Hall–Kier alpha value is -2.93. The van der Waals surface area contributed by atoms with E-state index in [9.17, 15) is 4.79 Å². The Bertz CT molecular complexity index is 901. The predicted molar refractivity (Wildman–Crippen MR) is 102 cm³/mol. The molecule has 0 unspecified atom stereocenters. The standard InChI is InChI=1S/C20H24N6O/c1-25-13-17(10-24-25)18-11-21-12-19(18)20(27)22-9-15-5-2-3-6-16(15)14-26-8-4-7-23-26/h2-8,10,13,18-19,21H,9,11-12,14H2,1H3,(H,22,27)/t18-,19+/m1/s1. The first-order valence-corrected chi connectivity index (χ1v) is 9.22. The zero-order valence-corrected chi connectivity index (χ0v) is 15.4. The summed E-state index contributed by atoms with van der Waals surface area (Å²) in [5.74, 6) is 0.174. The lowest BCUT2D eigenvalue weighted by atomic mass is 9.90. The first-order chi connectivity index (χ1) is 13.2. The van der Waals surface area contributed by atoms with Crippen LogP contribution in [0.15, 0.2) is 55.1 Å². The third-order valence-corrected chi connectivity index (χ3v) is 5.17. The van der Waals surface area contributed by atoms with E-state index in [2.05, 4.69) is 33.0 Å². The fourth-order valence-corrected chi connectivity index (χ4v) is 3.70. The molecule has 0 bridgehead atoms. The predicted octanol–water partition coefficient (Wildman–Crippen LogP) is 1.28. The Morgan fingerprint density at radius 2 is 2.07 bits per heavy atom. The van der Waals surface area contributed by atoms with Crippen LogP contribution in [0.1, 0.15) is 22.6 Å². The average Bonchev–Trinajstić information content (AvgIpc) is 3.42. The summed E-state index contributed by atoms with van der Waals surface area (Å²) in [6.07, 6.45) is 7.57. The van der Waals surface area contributed by atoms with E-state index in [0.717, 1.165) is 23.2 Å². The highest BCUT2D eigenvalue weighted by Gasteiger charge is 2.34. The van der Waals surface area contributed by atoms with Gasteiger partial charge in [-0.15, -0.1) is 0 Å². The SMILES string of the molecule is Cn1cc([C@H]2CNC[C@@H]2C(=O)NCc2ccccc2Cn2cccn2)cn1. The lowest BCUT2D eigenvalue weighted by Crippen LogP contribution is -2.34. The smallest absolute Gasteiger partial charge is 0.225 e. The summed E-state index contributed by atoms with van der Waals surface area (Å²) in [4.78, 5) is 12.8. The van der Waals surface area contributed by atoms with Crippen molar-refractivity contribution in [2.45, 2.75) is 19.0 Å². The molecular weight excluding hydrogens is 340 g/mol. The zero-order chi connectivity index (χ0) is 18.6. The van der Waals surface area contributed by atoms with E-state index in [1.165, 1.54) is 0 Å². The van der Waals surface area contributed by atoms with Crippen LogP contribution < -0.4 is 10.6 Å². The molecular formula is C20H24N6O. The van der Waals surface area contributed by atoms with Gasteiger partial charge in [0.25, 0.3) is 0 Å². The fraction of sp³-hybridized carbons (Fsp3) is 0.350. The minimum absolute atomic E-state index is 0.0764. The highest BCUT2D eigenvalue weighted by atomic mass is 16.1. The molecule has 140 valence electrons. The van der Waals surface area contributed by atoms with Gasteiger partial charge in [-0.25, -0.2) is 0 Å². The van der Waals surface area contributed by atoms with E-state index in [4.69, 9.17) is 0 Å². The summed E-state index contributed by atoms with van der Waals surface area (Å²) in [5, 5.41) is 15.0. The third kappa shape index (κ3) is 3.93. The zero-order valence-electron chi connectivity index (χ0n) is 15.4. The highest BCUT2D eigenvalue weighted by Crippen LogP contribution is 2.28. The molecule has 7 nitrogen and oxygen atoms in total. The maximum absolute atomic E-state index is 12.8. The van der Waals surface area contributed by atoms with Crippen LogP contribution in [-0.2, 0) is 24.9 Å². The summed E-state index contributed by atoms with van der Waals surface area (Å²) in [6.45, 7) is 2.72. The average molecular weight is 364 g/mol. The number of rotatable bonds is 6. The Morgan fingerprint density at radius 1 is 1.22 bits per heavy atom. The number of carbonyl (C=O) groups excluding carboxylic acids is 1. The molecule has 1 aromatic carbocycles. The van der Waals surface area contributed by atoms with Gasteiger partial charge in [0, 0.05) is 51.2 Å². The number of nitrogens with zero attached hydrogens (tertiary/aromatic N) is 4. The van der Waals surface area contributed by atoms with E-state index in [0.29, 0.717) is 19.6 Å². The molecule has 2 atom stereocenters. The summed E-state index contributed by atoms with van der Waals surface area (Å²) < 4.78 is 3.67. The van der Waals surface area contributed by atoms with E-state index >= 15 is 0 Å². The topological polar surface area (TPSA) is 76.8 Å². The van der Waals surface area contributed by atoms with E-state index in [1.807, 2.05) is 48.5 Å². The maximum Gasteiger partial charge on any atom is 0.225 e. The van der Waals surface area contributed by atoms with Gasteiger partial charge >= 0.3 is 0 Å². The molecule has 1 aliphatic rings. The van der Waals surface area contributed by atoms with Gasteiger partial charge in [0.05, 0.1) is 18.7 Å². The molecule has 0 saturated carbocycles. The molecule has 27 heavy (non-hydrogen) atoms. The molecule has 4 rings (SSSR count). The Kier molecular flexibility index (Phi) is 5.02. The molecule has 3 heterocycles. The molecule has 1 amide bonds. The molecule has 0 radical (unpaired) electrons. The van der Waals surface area contributed by atoms with Crippen molar-refractivity contribution in [2.24, 2.45) is 13.0 Å². The maximum atomic E-state index is 12.8. The molecule has 1 aliphatic heterocycles. The van der Waals surface area contributed by atoms with Crippen molar-refractivity contribution in [1.29, 1.82) is 0 Å². The molecule has 7 heteroatoms. The Labute approximate surface area is 158 Å². The van der Waals surface area contributed by atoms with Crippen molar-refractivity contribution in [1.82, 2.24) is 30.2 Å². The second kappa shape index (κ2) is 7.75. The molecule has 2 aromatic heterocycles. The van der Waals surface area contributed by atoms with Gasteiger partial charge in [-0.05, 0) is 22.8 Å². The van der Waals surface area contributed by atoms with Crippen molar-refractivity contribution >= 4 is 5.91 Å². The van der Waals surface area contributed by atoms with Gasteiger partial charge in [0.1, 0.15) is 0 Å². The van der Waals surface area contributed by atoms with E-state index in [1.54, 1.807) is 10.9 Å². The molecule has 3 aromatic rings. The number of carbonyl (C=O) groups is 1. The number of hydrogen-bond acceptors (Lipinski definition) is 4. The van der Waals surface area contributed by atoms with Crippen LogP contribution in [-0.4, -0.2) is 38.6 Å². The number of aryl methyl sites for hydroxylation is 1. The minimum atomic E-state index is -0.0764. The van der Waals surface area contributed by atoms with Crippen molar-refractivity contribution < 1.29 is 4.79 Å². The molecule has 1 fully saturated rings. The molecule has 2 N–H and O–H groups in total. The van der Waals surface area contributed by atoms with E-state index < -0.39 is 0 Å². The van der Waals surface area contributed by atoms with Gasteiger partial charge in [0.2, 0.25) is 5.91 Å². The summed E-state index contributed by atoms with van der Waals surface area (Å²) >= 11 is 0. The highest BCUT2D eigenvalue weighted by molar-refractivity contribution is 5.80. The molecule has 1 saturated heterocycles. The van der Waals surface area contributed by atoms with Crippen LogP contribution in [0.5, 0.6) is 0 Å². The van der Waals surface area contributed by atoms with Gasteiger partial charge in [0.15, 0.2) is 0 Å². The molecule has 0 spiro atoms. The number of nitrogens with one attached hydrogen (secondary N) is 2. The Balaban J connectivity index is 1.42. The molecule has 0 aliphatic carbocycles. The second-order valence-corrected chi connectivity index (χ2v) is 7.01.